The van der Waals surface area contributed by atoms with Gasteiger partial charge in [-0.1, -0.05) is 60.7 Å². The zero-order valence-corrected chi connectivity index (χ0v) is 12.5. The van der Waals surface area contributed by atoms with Crippen molar-refractivity contribution in [2.45, 2.75) is 0 Å². The van der Waals surface area contributed by atoms with Crippen molar-refractivity contribution < 1.29 is 0 Å². The molecule has 23 heavy (non-hydrogen) atoms. The van der Waals surface area contributed by atoms with E-state index in [2.05, 4.69) is 4.57 Å². The second kappa shape index (κ2) is 5.58. The normalized spacial score (nSPS) is 10.8. The van der Waals surface area contributed by atoms with Crippen molar-refractivity contribution in [1.82, 2.24) is 4.57 Å². The highest BCUT2D eigenvalue weighted by Gasteiger charge is 2.11. The Hall–Kier alpha value is -3.13. The fraction of sp³-hybridized carbons (Fsp3) is 0. The molecule has 0 N–H and O–H groups in total. The summed E-state index contributed by atoms with van der Waals surface area (Å²) in [5.41, 5.74) is 3.68. The van der Waals surface area contributed by atoms with Crippen LogP contribution in [0.2, 0.25) is 0 Å². The molecule has 4 aromatic rings. The van der Waals surface area contributed by atoms with E-state index in [9.17, 15) is 4.79 Å². The lowest BCUT2D eigenvalue weighted by atomic mass is 10.0. The van der Waals surface area contributed by atoms with Crippen LogP contribution in [0.5, 0.6) is 0 Å². The Balaban J connectivity index is 2.11. The van der Waals surface area contributed by atoms with Gasteiger partial charge >= 0.3 is 0 Å². The minimum Gasteiger partial charge on any atom is -0.316 e. The number of pyridine rings is 1. The van der Waals surface area contributed by atoms with E-state index in [0.717, 1.165) is 22.2 Å². The zero-order valence-electron chi connectivity index (χ0n) is 12.5. The van der Waals surface area contributed by atoms with E-state index in [1.165, 1.54) is 0 Å². The van der Waals surface area contributed by atoms with Crippen molar-refractivity contribution in [3.05, 3.63) is 101 Å². The largest absolute Gasteiger partial charge is 0.316 e. The molecule has 0 aliphatic carbocycles. The summed E-state index contributed by atoms with van der Waals surface area (Å²) in [6.45, 7) is 0. The number of hydrogen-bond acceptors (Lipinski definition) is 1. The Morgan fingerprint density at radius 3 is 2.00 bits per heavy atom. The van der Waals surface area contributed by atoms with E-state index >= 15 is 0 Å². The maximum atomic E-state index is 12.9. The highest BCUT2D eigenvalue weighted by Crippen LogP contribution is 2.22. The molecule has 0 bridgehead atoms. The van der Waals surface area contributed by atoms with Crippen molar-refractivity contribution in [1.29, 1.82) is 0 Å². The molecular weight excluding hydrogens is 282 g/mol. The first-order chi connectivity index (χ1) is 11.3. The Bertz CT molecular complexity index is 1020. The summed E-state index contributed by atoms with van der Waals surface area (Å²) >= 11 is 0. The summed E-state index contributed by atoms with van der Waals surface area (Å²) in [5, 5.41) is 0.734. The second-order valence-electron chi connectivity index (χ2n) is 5.46. The van der Waals surface area contributed by atoms with Crippen LogP contribution in [0, 0.1) is 0 Å². The standard InChI is InChI=1S/C21H15NO/c23-21-18-13-7-8-14-20(18)22(17-11-5-2-6-12-17)15-19(21)16-9-3-1-4-10-16/h1-15H. The molecular formula is C21H15NO. The molecule has 4 rings (SSSR count). The van der Waals surface area contributed by atoms with Gasteiger partial charge in [0, 0.05) is 22.8 Å². The summed E-state index contributed by atoms with van der Waals surface area (Å²) < 4.78 is 2.08. The lowest BCUT2D eigenvalue weighted by Crippen LogP contribution is -2.11. The molecule has 0 saturated heterocycles. The van der Waals surface area contributed by atoms with Gasteiger partial charge in [0.05, 0.1) is 5.52 Å². The molecule has 3 aromatic carbocycles. The van der Waals surface area contributed by atoms with Crippen LogP contribution in [0.1, 0.15) is 0 Å². The van der Waals surface area contributed by atoms with Gasteiger partial charge in [0.1, 0.15) is 0 Å². The molecule has 2 heteroatoms. The van der Waals surface area contributed by atoms with E-state index in [1.54, 1.807) is 0 Å². The maximum absolute atomic E-state index is 12.9. The fourth-order valence-electron chi connectivity index (χ4n) is 2.90. The average molecular weight is 297 g/mol. The first-order valence-corrected chi connectivity index (χ1v) is 7.60. The van der Waals surface area contributed by atoms with Gasteiger partial charge in [-0.15, -0.1) is 0 Å². The molecule has 0 aliphatic heterocycles. The van der Waals surface area contributed by atoms with Crippen LogP contribution in [0.15, 0.2) is 95.9 Å². The molecule has 0 radical (unpaired) electrons. The van der Waals surface area contributed by atoms with Gasteiger partial charge in [0.25, 0.3) is 0 Å². The number of fused-ring (bicyclic) bond motifs is 1. The number of para-hydroxylation sites is 2. The molecule has 0 atom stereocenters. The lowest BCUT2D eigenvalue weighted by molar-refractivity contribution is 1.10. The first-order valence-electron chi connectivity index (χ1n) is 7.60. The smallest absolute Gasteiger partial charge is 0.197 e. The summed E-state index contributed by atoms with van der Waals surface area (Å²) in [7, 11) is 0. The number of hydrogen-bond donors (Lipinski definition) is 0. The SMILES string of the molecule is O=c1c(-c2ccccc2)cn(-c2ccccc2)c2ccccc12. The first kappa shape index (κ1) is 13.5. The van der Waals surface area contributed by atoms with Crippen LogP contribution >= 0.6 is 0 Å². The second-order valence-corrected chi connectivity index (χ2v) is 5.46. The van der Waals surface area contributed by atoms with Crippen molar-refractivity contribution >= 4 is 10.9 Å². The van der Waals surface area contributed by atoms with Crippen molar-refractivity contribution in [3.8, 4) is 16.8 Å². The van der Waals surface area contributed by atoms with Gasteiger partial charge in [-0.05, 0) is 29.8 Å². The predicted molar refractivity (Wildman–Crippen MR) is 95.0 cm³/mol. The third kappa shape index (κ3) is 2.34. The third-order valence-corrected chi connectivity index (χ3v) is 4.03. The van der Waals surface area contributed by atoms with Crippen LogP contribution in [-0.4, -0.2) is 4.57 Å². The molecule has 1 aromatic heterocycles. The van der Waals surface area contributed by atoms with Gasteiger partial charge in [-0.25, -0.2) is 0 Å². The van der Waals surface area contributed by atoms with Gasteiger partial charge in [0.2, 0.25) is 0 Å². The molecule has 0 aliphatic rings. The molecule has 0 saturated carbocycles. The van der Waals surface area contributed by atoms with E-state index in [0.29, 0.717) is 5.56 Å². The number of benzene rings is 3. The molecule has 110 valence electrons. The Labute approximate surface area is 134 Å². The van der Waals surface area contributed by atoms with E-state index < -0.39 is 0 Å². The summed E-state index contributed by atoms with van der Waals surface area (Å²) in [6, 6.07) is 27.7. The zero-order chi connectivity index (χ0) is 15.6. The molecule has 1 heterocycles. The quantitative estimate of drug-likeness (QED) is 0.527. The summed E-state index contributed by atoms with van der Waals surface area (Å²) in [5.74, 6) is 0. The van der Waals surface area contributed by atoms with Crippen molar-refractivity contribution in [2.75, 3.05) is 0 Å². The number of nitrogens with zero attached hydrogens (tertiary/aromatic N) is 1. The Morgan fingerprint density at radius 2 is 1.26 bits per heavy atom. The van der Waals surface area contributed by atoms with E-state index in [-0.39, 0.29) is 5.43 Å². The van der Waals surface area contributed by atoms with Crippen LogP contribution < -0.4 is 5.43 Å². The molecule has 0 fully saturated rings. The maximum Gasteiger partial charge on any atom is 0.197 e. The number of aromatic nitrogens is 1. The molecule has 2 nitrogen and oxygen atoms in total. The minimum absolute atomic E-state index is 0.0685. The van der Waals surface area contributed by atoms with Crippen LogP contribution in [0.25, 0.3) is 27.7 Å². The van der Waals surface area contributed by atoms with Gasteiger partial charge in [-0.2, -0.15) is 0 Å². The van der Waals surface area contributed by atoms with Crippen molar-refractivity contribution in [3.63, 3.8) is 0 Å². The minimum atomic E-state index is 0.0685. The molecule has 0 unspecified atom stereocenters. The van der Waals surface area contributed by atoms with Crippen molar-refractivity contribution in [2.24, 2.45) is 0 Å². The Morgan fingerprint density at radius 1 is 0.652 bits per heavy atom. The van der Waals surface area contributed by atoms with Crippen LogP contribution in [-0.2, 0) is 0 Å². The number of rotatable bonds is 2. The van der Waals surface area contributed by atoms with Gasteiger partial charge in [0.15, 0.2) is 5.43 Å². The van der Waals surface area contributed by atoms with Crippen LogP contribution in [0.4, 0.5) is 0 Å². The monoisotopic (exact) mass is 297 g/mol. The predicted octanol–water partition coefficient (Wildman–Crippen LogP) is 4.66. The highest BCUT2D eigenvalue weighted by molar-refractivity contribution is 5.85. The van der Waals surface area contributed by atoms with E-state index in [1.807, 2.05) is 91.1 Å². The molecule has 0 spiro atoms. The van der Waals surface area contributed by atoms with Gasteiger partial charge < -0.3 is 4.57 Å². The fourth-order valence-corrected chi connectivity index (χ4v) is 2.90. The topological polar surface area (TPSA) is 22.0 Å². The highest BCUT2D eigenvalue weighted by atomic mass is 16.1. The summed E-state index contributed by atoms with van der Waals surface area (Å²) in [4.78, 5) is 12.9. The van der Waals surface area contributed by atoms with Crippen LogP contribution in [0.3, 0.4) is 0 Å². The van der Waals surface area contributed by atoms with E-state index in [4.69, 9.17) is 0 Å². The van der Waals surface area contributed by atoms with Gasteiger partial charge in [-0.3, -0.25) is 4.79 Å². The lowest BCUT2D eigenvalue weighted by Gasteiger charge is -2.13. The average Bonchev–Trinajstić information content (AvgIpc) is 2.64. The molecule has 0 amide bonds. The third-order valence-electron chi connectivity index (χ3n) is 4.03. The summed E-state index contributed by atoms with van der Waals surface area (Å²) in [6.07, 6.45) is 1.94. The Kier molecular flexibility index (Phi) is 3.28.